The fraction of sp³-hybridized carbons (Fsp3) is 0.231. The van der Waals surface area contributed by atoms with E-state index in [1.54, 1.807) is 24.3 Å². The molecule has 0 spiro atoms. The molecule has 94 valence electrons. The van der Waals surface area contributed by atoms with E-state index in [2.05, 4.69) is 4.74 Å². The highest BCUT2D eigenvalue weighted by Crippen LogP contribution is 2.32. The van der Waals surface area contributed by atoms with E-state index < -0.39 is 11.9 Å². The van der Waals surface area contributed by atoms with Gasteiger partial charge in [0, 0.05) is 5.57 Å². The van der Waals surface area contributed by atoms with Crippen molar-refractivity contribution in [3.8, 4) is 11.5 Å². The molecule has 1 aliphatic rings. The lowest BCUT2D eigenvalue weighted by Gasteiger charge is -2.09. The lowest BCUT2D eigenvalue weighted by Crippen LogP contribution is -1.98. The minimum absolute atomic E-state index is 0.0277. The van der Waals surface area contributed by atoms with Crippen LogP contribution in [0.15, 0.2) is 23.8 Å². The number of benzene rings is 1. The van der Waals surface area contributed by atoms with Gasteiger partial charge >= 0.3 is 11.9 Å². The molecular formula is C13H12O5. The zero-order valence-corrected chi connectivity index (χ0v) is 10.1. The standard InChI is InChI=1S/C13H12O5/c1-16-10-4-3-5-11(17-2)9(10)6-8-7-12(14)18-13(8)15/h3-6H,7H2,1-2H3/b8-6+. The number of carbonyl (C=O) groups excluding carboxylic acids is 2. The monoisotopic (exact) mass is 248 g/mol. The van der Waals surface area contributed by atoms with Gasteiger partial charge in [0.1, 0.15) is 11.5 Å². The van der Waals surface area contributed by atoms with Crippen molar-refractivity contribution in [2.75, 3.05) is 14.2 Å². The van der Waals surface area contributed by atoms with Gasteiger partial charge < -0.3 is 14.2 Å². The summed E-state index contributed by atoms with van der Waals surface area (Å²) in [4.78, 5) is 22.4. The Balaban J connectivity index is 2.47. The number of methoxy groups -OCH3 is 2. The number of ether oxygens (including phenoxy) is 3. The molecule has 1 aromatic carbocycles. The molecule has 1 aliphatic heterocycles. The van der Waals surface area contributed by atoms with Gasteiger partial charge in [-0.2, -0.15) is 0 Å². The van der Waals surface area contributed by atoms with Gasteiger partial charge in [0.15, 0.2) is 0 Å². The molecular weight excluding hydrogens is 236 g/mol. The Labute approximate surface area is 104 Å². The van der Waals surface area contributed by atoms with E-state index in [0.29, 0.717) is 22.6 Å². The van der Waals surface area contributed by atoms with Crippen molar-refractivity contribution in [2.45, 2.75) is 6.42 Å². The van der Waals surface area contributed by atoms with Crippen LogP contribution in [0.4, 0.5) is 0 Å². The van der Waals surface area contributed by atoms with Crippen molar-refractivity contribution in [1.29, 1.82) is 0 Å². The third-order valence-corrected chi connectivity index (χ3v) is 2.59. The van der Waals surface area contributed by atoms with Crippen LogP contribution >= 0.6 is 0 Å². The van der Waals surface area contributed by atoms with Crippen LogP contribution in [0.5, 0.6) is 11.5 Å². The fourth-order valence-electron chi connectivity index (χ4n) is 1.74. The number of hydrogen-bond donors (Lipinski definition) is 0. The van der Waals surface area contributed by atoms with Crippen LogP contribution in [0.25, 0.3) is 6.08 Å². The SMILES string of the molecule is COc1cccc(OC)c1/C=C1\CC(=O)OC1=O. The second-order valence-corrected chi connectivity index (χ2v) is 3.68. The number of hydrogen-bond acceptors (Lipinski definition) is 5. The Morgan fingerprint density at radius 1 is 1.17 bits per heavy atom. The van der Waals surface area contributed by atoms with Gasteiger partial charge in [0.25, 0.3) is 0 Å². The highest BCUT2D eigenvalue weighted by molar-refractivity contribution is 6.09. The molecule has 1 fully saturated rings. The molecule has 0 N–H and O–H groups in total. The molecule has 0 saturated carbocycles. The van der Waals surface area contributed by atoms with Crippen molar-refractivity contribution in [3.63, 3.8) is 0 Å². The summed E-state index contributed by atoms with van der Waals surface area (Å²) in [5.41, 5.74) is 0.909. The maximum Gasteiger partial charge on any atom is 0.342 e. The Morgan fingerprint density at radius 2 is 1.78 bits per heavy atom. The summed E-state index contributed by atoms with van der Waals surface area (Å²) in [6.45, 7) is 0. The van der Waals surface area contributed by atoms with Gasteiger partial charge in [0.05, 0.1) is 26.2 Å². The second-order valence-electron chi connectivity index (χ2n) is 3.68. The van der Waals surface area contributed by atoms with Gasteiger partial charge in [0.2, 0.25) is 0 Å². The van der Waals surface area contributed by atoms with E-state index in [9.17, 15) is 9.59 Å². The summed E-state index contributed by atoms with van der Waals surface area (Å²) in [6, 6.07) is 5.27. The topological polar surface area (TPSA) is 61.8 Å². The van der Waals surface area contributed by atoms with Crippen molar-refractivity contribution in [2.24, 2.45) is 0 Å². The van der Waals surface area contributed by atoms with Crippen LogP contribution in [-0.2, 0) is 14.3 Å². The molecule has 1 heterocycles. The molecule has 2 rings (SSSR count). The van der Waals surface area contributed by atoms with Gasteiger partial charge in [-0.15, -0.1) is 0 Å². The molecule has 0 bridgehead atoms. The number of rotatable bonds is 3. The lowest BCUT2D eigenvalue weighted by atomic mass is 10.1. The highest BCUT2D eigenvalue weighted by atomic mass is 16.6. The molecule has 0 unspecified atom stereocenters. The van der Waals surface area contributed by atoms with Crippen molar-refractivity contribution in [1.82, 2.24) is 0 Å². The Morgan fingerprint density at radius 3 is 2.22 bits per heavy atom. The average Bonchev–Trinajstić information content (AvgIpc) is 2.68. The van der Waals surface area contributed by atoms with E-state index in [1.807, 2.05) is 0 Å². The fourth-order valence-corrected chi connectivity index (χ4v) is 1.74. The second kappa shape index (κ2) is 4.91. The summed E-state index contributed by atoms with van der Waals surface area (Å²) in [5.74, 6) is -0.0314. The summed E-state index contributed by atoms with van der Waals surface area (Å²) in [5, 5.41) is 0. The zero-order chi connectivity index (χ0) is 13.1. The van der Waals surface area contributed by atoms with Gasteiger partial charge in [-0.1, -0.05) is 6.07 Å². The van der Waals surface area contributed by atoms with E-state index in [1.165, 1.54) is 14.2 Å². The third-order valence-electron chi connectivity index (χ3n) is 2.59. The van der Waals surface area contributed by atoms with Crippen LogP contribution in [0.2, 0.25) is 0 Å². The van der Waals surface area contributed by atoms with Crippen LogP contribution in [0.1, 0.15) is 12.0 Å². The van der Waals surface area contributed by atoms with E-state index in [4.69, 9.17) is 9.47 Å². The molecule has 0 radical (unpaired) electrons. The van der Waals surface area contributed by atoms with Gasteiger partial charge in [-0.3, -0.25) is 4.79 Å². The van der Waals surface area contributed by atoms with Crippen molar-refractivity contribution < 1.29 is 23.8 Å². The largest absolute Gasteiger partial charge is 0.496 e. The van der Waals surface area contributed by atoms with Gasteiger partial charge in [-0.25, -0.2) is 4.79 Å². The Hall–Kier alpha value is -2.30. The predicted molar refractivity (Wildman–Crippen MR) is 63.2 cm³/mol. The Kier molecular flexibility index (Phi) is 3.32. The normalized spacial score (nSPS) is 16.9. The van der Waals surface area contributed by atoms with E-state index in [-0.39, 0.29) is 6.42 Å². The first-order valence-electron chi connectivity index (χ1n) is 5.32. The molecule has 0 aliphatic carbocycles. The van der Waals surface area contributed by atoms with Gasteiger partial charge in [-0.05, 0) is 18.2 Å². The van der Waals surface area contributed by atoms with E-state index >= 15 is 0 Å². The van der Waals surface area contributed by atoms with E-state index in [0.717, 1.165) is 0 Å². The first-order valence-corrected chi connectivity index (χ1v) is 5.32. The first-order chi connectivity index (χ1) is 8.65. The molecule has 5 nitrogen and oxygen atoms in total. The summed E-state index contributed by atoms with van der Waals surface area (Å²) < 4.78 is 14.9. The maximum atomic E-state index is 11.4. The number of carbonyl (C=O) groups is 2. The summed E-state index contributed by atoms with van der Waals surface area (Å²) >= 11 is 0. The minimum Gasteiger partial charge on any atom is -0.496 e. The smallest absolute Gasteiger partial charge is 0.342 e. The minimum atomic E-state index is -0.618. The molecule has 5 heteroatoms. The molecule has 1 saturated heterocycles. The van der Waals surface area contributed by atoms with Crippen molar-refractivity contribution >= 4 is 18.0 Å². The first kappa shape index (κ1) is 12.2. The summed E-state index contributed by atoms with van der Waals surface area (Å²) in [6.07, 6.45) is 1.53. The molecule has 0 atom stereocenters. The number of cyclic esters (lactones) is 2. The van der Waals surface area contributed by atoms with Crippen LogP contribution < -0.4 is 9.47 Å². The average molecular weight is 248 g/mol. The molecule has 1 aromatic rings. The number of esters is 2. The quantitative estimate of drug-likeness (QED) is 0.461. The van der Waals surface area contributed by atoms with Crippen LogP contribution in [0, 0.1) is 0 Å². The lowest BCUT2D eigenvalue weighted by molar-refractivity contribution is -0.151. The van der Waals surface area contributed by atoms with Crippen molar-refractivity contribution in [3.05, 3.63) is 29.3 Å². The maximum absolute atomic E-state index is 11.4. The highest BCUT2D eigenvalue weighted by Gasteiger charge is 2.27. The van der Waals surface area contributed by atoms with Crippen LogP contribution in [-0.4, -0.2) is 26.2 Å². The summed E-state index contributed by atoms with van der Waals surface area (Å²) in [7, 11) is 3.05. The Bertz CT molecular complexity index is 508. The molecule has 0 amide bonds. The zero-order valence-electron chi connectivity index (χ0n) is 10.1. The molecule has 0 aromatic heterocycles. The molecule has 18 heavy (non-hydrogen) atoms. The van der Waals surface area contributed by atoms with Crippen LogP contribution in [0.3, 0.4) is 0 Å². The predicted octanol–water partition coefficient (Wildman–Crippen LogP) is 1.56. The third kappa shape index (κ3) is 2.20.